The number of nitrogens with zero attached hydrogens (tertiary/aromatic N) is 2. The molecule has 1 aliphatic rings. The fourth-order valence-electron chi connectivity index (χ4n) is 3.42. The summed E-state index contributed by atoms with van der Waals surface area (Å²) in [6.07, 6.45) is 0.405. The van der Waals surface area contributed by atoms with Crippen molar-refractivity contribution < 1.29 is 14.4 Å². The predicted molar refractivity (Wildman–Crippen MR) is 122 cm³/mol. The molecule has 1 aliphatic heterocycles. The molecule has 0 saturated carbocycles. The first-order valence-corrected chi connectivity index (χ1v) is 10.9. The van der Waals surface area contributed by atoms with Crippen molar-refractivity contribution in [1.82, 2.24) is 4.98 Å². The van der Waals surface area contributed by atoms with Crippen LogP contribution >= 0.6 is 11.3 Å². The number of aromatic nitrogens is 1. The second-order valence-corrected chi connectivity index (χ2v) is 9.35. The SMILES string of the molecule is CC(C)(C)c1ccc(-c2csc(NC(=O)c3cccc(N4C(=O)CCC4=O)c3)n2)cc1. The van der Waals surface area contributed by atoms with E-state index in [1.165, 1.54) is 16.9 Å². The number of anilines is 2. The van der Waals surface area contributed by atoms with Gasteiger partial charge in [-0.3, -0.25) is 24.6 Å². The highest BCUT2D eigenvalue weighted by Gasteiger charge is 2.30. The van der Waals surface area contributed by atoms with Gasteiger partial charge in [0.25, 0.3) is 5.91 Å². The second-order valence-electron chi connectivity index (χ2n) is 8.49. The first-order valence-electron chi connectivity index (χ1n) is 10.1. The number of amides is 3. The zero-order valence-corrected chi connectivity index (χ0v) is 18.5. The number of carbonyl (C=O) groups is 3. The van der Waals surface area contributed by atoms with E-state index in [2.05, 4.69) is 43.2 Å². The number of thiazole rings is 1. The minimum Gasteiger partial charge on any atom is -0.298 e. The summed E-state index contributed by atoms with van der Waals surface area (Å²) in [6, 6.07) is 14.8. The minimum atomic E-state index is -0.343. The Morgan fingerprint density at radius 1 is 1.03 bits per heavy atom. The van der Waals surface area contributed by atoms with Crippen LogP contribution in [-0.4, -0.2) is 22.7 Å². The smallest absolute Gasteiger partial charge is 0.257 e. The molecule has 0 spiro atoms. The van der Waals surface area contributed by atoms with Crippen LogP contribution in [0.1, 0.15) is 49.5 Å². The summed E-state index contributed by atoms with van der Waals surface area (Å²) in [7, 11) is 0. The molecule has 0 bridgehead atoms. The van der Waals surface area contributed by atoms with E-state index in [1.54, 1.807) is 24.3 Å². The predicted octanol–water partition coefficient (Wildman–Crippen LogP) is 5.01. The third-order valence-electron chi connectivity index (χ3n) is 5.19. The van der Waals surface area contributed by atoms with E-state index in [-0.39, 0.29) is 36.0 Å². The Labute approximate surface area is 184 Å². The molecule has 0 atom stereocenters. The van der Waals surface area contributed by atoms with Gasteiger partial charge in [-0.25, -0.2) is 4.98 Å². The van der Waals surface area contributed by atoms with Gasteiger partial charge in [-0.05, 0) is 29.2 Å². The van der Waals surface area contributed by atoms with Crippen LogP contribution < -0.4 is 10.2 Å². The Hall–Kier alpha value is -3.32. The van der Waals surface area contributed by atoms with E-state index in [0.29, 0.717) is 16.4 Å². The van der Waals surface area contributed by atoms with Crippen molar-refractivity contribution in [3.63, 3.8) is 0 Å². The fraction of sp³-hybridized carbons (Fsp3) is 0.250. The Balaban J connectivity index is 1.49. The number of rotatable bonds is 4. The van der Waals surface area contributed by atoms with Crippen LogP contribution in [0.3, 0.4) is 0 Å². The van der Waals surface area contributed by atoms with Gasteiger partial charge in [0.15, 0.2) is 5.13 Å². The van der Waals surface area contributed by atoms with E-state index in [9.17, 15) is 14.4 Å². The normalized spacial score (nSPS) is 14.2. The van der Waals surface area contributed by atoms with Crippen LogP contribution in [0.4, 0.5) is 10.8 Å². The number of hydrogen-bond donors (Lipinski definition) is 1. The maximum absolute atomic E-state index is 12.7. The van der Waals surface area contributed by atoms with Crippen LogP contribution in [0.25, 0.3) is 11.3 Å². The number of nitrogens with one attached hydrogen (secondary N) is 1. The van der Waals surface area contributed by atoms with E-state index in [4.69, 9.17) is 0 Å². The van der Waals surface area contributed by atoms with Gasteiger partial charge in [-0.1, -0.05) is 51.1 Å². The summed E-state index contributed by atoms with van der Waals surface area (Å²) in [4.78, 5) is 42.3. The largest absolute Gasteiger partial charge is 0.298 e. The lowest BCUT2D eigenvalue weighted by molar-refractivity contribution is -0.121. The van der Waals surface area contributed by atoms with E-state index in [1.807, 2.05) is 17.5 Å². The van der Waals surface area contributed by atoms with E-state index >= 15 is 0 Å². The summed E-state index contributed by atoms with van der Waals surface area (Å²) in [5.74, 6) is -0.834. The van der Waals surface area contributed by atoms with Crippen molar-refractivity contribution in [2.45, 2.75) is 39.0 Å². The Morgan fingerprint density at radius 3 is 2.35 bits per heavy atom. The van der Waals surface area contributed by atoms with Crippen molar-refractivity contribution in [2.24, 2.45) is 0 Å². The highest BCUT2D eigenvalue weighted by molar-refractivity contribution is 7.14. The summed E-state index contributed by atoms with van der Waals surface area (Å²) in [5, 5.41) is 5.19. The molecule has 1 saturated heterocycles. The summed E-state index contributed by atoms with van der Waals surface area (Å²) in [5.41, 5.74) is 3.88. The van der Waals surface area contributed by atoms with Crippen molar-refractivity contribution in [2.75, 3.05) is 10.2 Å². The molecule has 31 heavy (non-hydrogen) atoms. The van der Waals surface area contributed by atoms with Gasteiger partial charge in [-0.15, -0.1) is 11.3 Å². The van der Waals surface area contributed by atoms with Gasteiger partial charge in [0.1, 0.15) is 0 Å². The lowest BCUT2D eigenvalue weighted by atomic mass is 9.86. The lowest BCUT2D eigenvalue weighted by Gasteiger charge is -2.18. The molecule has 0 unspecified atom stereocenters. The minimum absolute atomic E-state index is 0.0819. The summed E-state index contributed by atoms with van der Waals surface area (Å²) >= 11 is 1.35. The van der Waals surface area contributed by atoms with Crippen molar-refractivity contribution in [3.8, 4) is 11.3 Å². The monoisotopic (exact) mass is 433 g/mol. The summed E-state index contributed by atoms with van der Waals surface area (Å²) < 4.78 is 0. The van der Waals surface area contributed by atoms with Gasteiger partial charge in [0.05, 0.1) is 11.4 Å². The van der Waals surface area contributed by atoms with E-state index < -0.39 is 0 Å². The molecule has 2 aromatic carbocycles. The van der Waals surface area contributed by atoms with Crippen molar-refractivity contribution in [1.29, 1.82) is 0 Å². The van der Waals surface area contributed by atoms with Crippen molar-refractivity contribution >= 4 is 39.9 Å². The standard InChI is InChI=1S/C24H23N3O3S/c1-24(2,3)17-9-7-15(8-10-17)19-14-31-23(25-19)26-22(30)16-5-4-6-18(13-16)27-20(28)11-12-21(27)29/h4-10,13-14H,11-12H2,1-3H3,(H,25,26,30). The molecule has 0 radical (unpaired) electrons. The fourth-order valence-corrected chi connectivity index (χ4v) is 4.14. The molecular weight excluding hydrogens is 410 g/mol. The van der Waals surface area contributed by atoms with Crippen LogP contribution in [-0.2, 0) is 15.0 Å². The van der Waals surface area contributed by atoms with Crippen LogP contribution in [0.5, 0.6) is 0 Å². The van der Waals surface area contributed by atoms with Crippen LogP contribution in [0, 0.1) is 0 Å². The third kappa shape index (κ3) is 4.41. The molecule has 6 nitrogen and oxygen atoms in total. The maximum atomic E-state index is 12.7. The molecule has 3 amide bonds. The lowest BCUT2D eigenvalue weighted by Crippen LogP contribution is -2.28. The molecule has 3 aromatic rings. The third-order valence-corrected chi connectivity index (χ3v) is 5.95. The number of hydrogen-bond acceptors (Lipinski definition) is 5. The zero-order chi connectivity index (χ0) is 22.2. The first kappa shape index (κ1) is 20.9. The van der Waals surface area contributed by atoms with Gasteiger partial charge in [-0.2, -0.15) is 0 Å². The first-order chi connectivity index (χ1) is 14.7. The maximum Gasteiger partial charge on any atom is 0.257 e. The molecule has 0 aliphatic carbocycles. The number of carbonyl (C=O) groups excluding carboxylic acids is 3. The molecular formula is C24H23N3O3S. The second kappa shape index (κ2) is 8.07. The molecule has 1 aromatic heterocycles. The number of benzene rings is 2. The quantitative estimate of drug-likeness (QED) is 0.587. The molecule has 7 heteroatoms. The summed E-state index contributed by atoms with van der Waals surface area (Å²) in [6.45, 7) is 6.51. The molecule has 2 heterocycles. The molecule has 1 N–H and O–H groups in total. The highest BCUT2D eigenvalue weighted by atomic mass is 32.1. The average Bonchev–Trinajstić information content (AvgIpc) is 3.34. The Bertz CT molecular complexity index is 1140. The number of imide groups is 1. The molecule has 4 rings (SSSR count). The van der Waals surface area contributed by atoms with Crippen LogP contribution in [0.15, 0.2) is 53.9 Å². The molecule has 158 valence electrons. The van der Waals surface area contributed by atoms with Gasteiger partial charge in [0.2, 0.25) is 11.8 Å². The van der Waals surface area contributed by atoms with Crippen molar-refractivity contribution in [3.05, 3.63) is 65.0 Å². The topological polar surface area (TPSA) is 79.4 Å². The van der Waals surface area contributed by atoms with Gasteiger partial charge in [0, 0.05) is 29.3 Å². The van der Waals surface area contributed by atoms with Gasteiger partial charge < -0.3 is 0 Å². The average molecular weight is 434 g/mol. The Kier molecular flexibility index (Phi) is 5.45. The Morgan fingerprint density at radius 2 is 1.71 bits per heavy atom. The van der Waals surface area contributed by atoms with Gasteiger partial charge >= 0.3 is 0 Å². The van der Waals surface area contributed by atoms with E-state index in [0.717, 1.165) is 16.2 Å². The van der Waals surface area contributed by atoms with Crippen LogP contribution in [0.2, 0.25) is 0 Å². The highest BCUT2D eigenvalue weighted by Crippen LogP contribution is 2.29. The zero-order valence-electron chi connectivity index (χ0n) is 17.6. The molecule has 1 fully saturated rings.